The zero-order chi connectivity index (χ0) is 14.8. The van der Waals surface area contributed by atoms with Crippen molar-refractivity contribution in [2.45, 2.75) is 30.4 Å². The molecule has 1 N–H and O–H groups in total. The van der Waals surface area contributed by atoms with Gasteiger partial charge in [0.25, 0.3) is 0 Å². The van der Waals surface area contributed by atoms with Gasteiger partial charge in [0, 0.05) is 40.3 Å². The Morgan fingerprint density at radius 3 is 2.60 bits per heavy atom. The van der Waals surface area contributed by atoms with E-state index in [1.807, 2.05) is 25.1 Å². The van der Waals surface area contributed by atoms with Gasteiger partial charge in [-0.05, 0) is 32.9 Å². The maximum atomic E-state index is 11.3. The van der Waals surface area contributed by atoms with Crippen LogP contribution < -0.4 is 0 Å². The Bertz CT molecular complexity index is 624. The summed E-state index contributed by atoms with van der Waals surface area (Å²) in [7, 11) is 0. The summed E-state index contributed by atoms with van der Waals surface area (Å²) in [5, 5.41) is 9.25. The molecule has 5 heteroatoms. The van der Waals surface area contributed by atoms with E-state index in [0.717, 1.165) is 21.7 Å². The summed E-state index contributed by atoms with van der Waals surface area (Å²) in [6.07, 6.45) is 5.20. The summed E-state index contributed by atoms with van der Waals surface area (Å²) in [6, 6.07) is 5.74. The molecule has 2 rings (SSSR count). The predicted octanol–water partition coefficient (Wildman–Crippen LogP) is 3.41. The number of thioether (sulfide) groups is 1. The van der Waals surface area contributed by atoms with Crippen LogP contribution >= 0.6 is 11.8 Å². The molecular formula is C15H16N2O2S. The van der Waals surface area contributed by atoms with Crippen LogP contribution in [0.25, 0.3) is 11.1 Å². The molecule has 20 heavy (non-hydrogen) atoms. The van der Waals surface area contributed by atoms with Gasteiger partial charge in [0.2, 0.25) is 0 Å². The van der Waals surface area contributed by atoms with E-state index in [4.69, 9.17) is 0 Å². The van der Waals surface area contributed by atoms with Gasteiger partial charge in [0.1, 0.15) is 4.75 Å². The number of carboxylic acids is 1. The first kappa shape index (κ1) is 14.5. The predicted molar refractivity (Wildman–Crippen MR) is 79.8 cm³/mol. The first-order valence-electron chi connectivity index (χ1n) is 6.19. The monoisotopic (exact) mass is 288 g/mol. The van der Waals surface area contributed by atoms with E-state index in [0.29, 0.717) is 0 Å². The first-order chi connectivity index (χ1) is 9.40. The third kappa shape index (κ3) is 3.17. The van der Waals surface area contributed by atoms with Crippen LogP contribution in [0, 0.1) is 6.92 Å². The van der Waals surface area contributed by atoms with Crippen molar-refractivity contribution in [3.63, 3.8) is 0 Å². The second-order valence-electron chi connectivity index (χ2n) is 4.98. The van der Waals surface area contributed by atoms with Gasteiger partial charge in [-0.3, -0.25) is 14.8 Å². The van der Waals surface area contributed by atoms with Crippen LogP contribution in [-0.4, -0.2) is 25.8 Å². The summed E-state index contributed by atoms with van der Waals surface area (Å²) in [5.41, 5.74) is 2.78. The molecule has 0 atom stereocenters. The number of aliphatic carboxylic acids is 1. The smallest absolute Gasteiger partial charge is 0.319 e. The zero-order valence-corrected chi connectivity index (χ0v) is 12.4. The van der Waals surface area contributed by atoms with Gasteiger partial charge in [0.05, 0.1) is 0 Å². The molecular weight excluding hydrogens is 272 g/mol. The summed E-state index contributed by atoms with van der Waals surface area (Å²) >= 11 is 1.31. The fourth-order valence-electron chi connectivity index (χ4n) is 1.63. The third-order valence-electron chi connectivity index (χ3n) is 2.88. The Morgan fingerprint density at radius 2 is 2.00 bits per heavy atom. The molecule has 2 aromatic heterocycles. The lowest BCUT2D eigenvalue weighted by Crippen LogP contribution is -2.27. The van der Waals surface area contributed by atoms with Crippen LogP contribution in [0.2, 0.25) is 0 Å². The summed E-state index contributed by atoms with van der Waals surface area (Å²) < 4.78 is -0.895. The fraction of sp³-hybridized carbons (Fsp3) is 0.267. The van der Waals surface area contributed by atoms with Crippen molar-refractivity contribution in [2.24, 2.45) is 0 Å². The Morgan fingerprint density at radius 1 is 1.25 bits per heavy atom. The summed E-state index contributed by atoms with van der Waals surface area (Å²) in [5.74, 6) is -0.840. The molecule has 2 heterocycles. The molecule has 0 saturated heterocycles. The lowest BCUT2D eigenvalue weighted by molar-refractivity contribution is -0.138. The van der Waals surface area contributed by atoms with Gasteiger partial charge >= 0.3 is 5.97 Å². The topological polar surface area (TPSA) is 63.1 Å². The third-order valence-corrected chi connectivity index (χ3v) is 4.14. The van der Waals surface area contributed by atoms with Crippen LogP contribution in [0.3, 0.4) is 0 Å². The molecule has 0 radical (unpaired) electrons. The summed E-state index contributed by atoms with van der Waals surface area (Å²) in [6.45, 7) is 5.31. The van der Waals surface area contributed by atoms with E-state index >= 15 is 0 Å². The Labute approximate surface area is 122 Å². The number of carboxylic acid groups (broad SMARTS) is 1. The number of hydrogen-bond acceptors (Lipinski definition) is 4. The van der Waals surface area contributed by atoms with Gasteiger partial charge in [-0.2, -0.15) is 0 Å². The van der Waals surface area contributed by atoms with E-state index in [9.17, 15) is 9.90 Å². The molecule has 0 fully saturated rings. The largest absolute Gasteiger partial charge is 0.480 e. The molecule has 0 unspecified atom stereocenters. The van der Waals surface area contributed by atoms with Gasteiger partial charge in [-0.15, -0.1) is 11.8 Å². The maximum Gasteiger partial charge on any atom is 0.319 e. The molecule has 0 spiro atoms. The van der Waals surface area contributed by atoms with Crippen molar-refractivity contribution in [2.75, 3.05) is 0 Å². The van der Waals surface area contributed by atoms with Crippen LogP contribution in [0.15, 0.2) is 41.7 Å². The molecule has 4 nitrogen and oxygen atoms in total. The number of aryl methyl sites for hydroxylation is 1. The normalized spacial score (nSPS) is 11.3. The molecule has 0 aliphatic rings. The molecule has 0 aliphatic carbocycles. The molecule has 0 amide bonds. The average molecular weight is 288 g/mol. The highest BCUT2D eigenvalue weighted by molar-refractivity contribution is 8.01. The number of rotatable bonds is 4. The molecule has 0 saturated carbocycles. The second-order valence-corrected chi connectivity index (χ2v) is 6.64. The van der Waals surface area contributed by atoms with Crippen molar-refractivity contribution in [1.29, 1.82) is 0 Å². The first-order valence-corrected chi connectivity index (χ1v) is 7.01. The molecule has 0 aromatic carbocycles. The van der Waals surface area contributed by atoms with E-state index in [2.05, 4.69) is 9.97 Å². The van der Waals surface area contributed by atoms with Crippen molar-refractivity contribution in [3.8, 4) is 11.1 Å². The van der Waals surface area contributed by atoms with E-state index in [1.165, 1.54) is 11.8 Å². The number of hydrogen-bond donors (Lipinski definition) is 1. The SMILES string of the molecule is Cc1ccc(-c2cnccc2SC(C)(C)C(=O)O)cn1. The highest BCUT2D eigenvalue weighted by Gasteiger charge is 2.29. The van der Waals surface area contributed by atoms with Crippen molar-refractivity contribution < 1.29 is 9.90 Å². The standard InChI is InChI=1S/C15H16N2O2S/c1-10-4-5-11(8-17-10)12-9-16-7-6-13(12)20-15(2,3)14(18)19/h4-9H,1-3H3,(H,18,19). The van der Waals surface area contributed by atoms with Gasteiger partial charge < -0.3 is 5.11 Å². The minimum Gasteiger partial charge on any atom is -0.480 e. The lowest BCUT2D eigenvalue weighted by atomic mass is 10.1. The van der Waals surface area contributed by atoms with Crippen molar-refractivity contribution in [3.05, 3.63) is 42.5 Å². The van der Waals surface area contributed by atoms with Crippen molar-refractivity contribution >= 4 is 17.7 Å². The highest BCUT2D eigenvalue weighted by Crippen LogP contribution is 2.38. The van der Waals surface area contributed by atoms with E-state index in [-0.39, 0.29) is 0 Å². The van der Waals surface area contributed by atoms with Crippen LogP contribution in [0.4, 0.5) is 0 Å². The molecule has 2 aromatic rings. The molecule has 0 bridgehead atoms. The van der Waals surface area contributed by atoms with Gasteiger partial charge in [0.15, 0.2) is 0 Å². The number of carbonyl (C=O) groups is 1. The number of nitrogens with zero attached hydrogens (tertiary/aromatic N) is 2. The minimum atomic E-state index is -0.895. The Balaban J connectivity index is 2.41. The van der Waals surface area contributed by atoms with Crippen LogP contribution in [-0.2, 0) is 4.79 Å². The quantitative estimate of drug-likeness (QED) is 0.873. The zero-order valence-electron chi connectivity index (χ0n) is 11.6. The number of aromatic nitrogens is 2. The van der Waals surface area contributed by atoms with Gasteiger partial charge in [-0.1, -0.05) is 6.07 Å². The Kier molecular flexibility index (Phi) is 4.09. The van der Waals surface area contributed by atoms with E-state index in [1.54, 1.807) is 32.4 Å². The second kappa shape index (κ2) is 5.63. The lowest BCUT2D eigenvalue weighted by Gasteiger charge is -2.20. The maximum absolute atomic E-state index is 11.3. The number of pyridine rings is 2. The highest BCUT2D eigenvalue weighted by atomic mass is 32.2. The fourth-order valence-corrected chi connectivity index (χ4v) is 2.68. The Hall–Kier alpha value is -1.88. The summed E-state index contributed by atoms with van der Waals surface area (Å²) in [4.78, 5) is 20.6. The van der Waals surface area contributed by atoms with Crippen molar-refractivity contribution in [1.82, 2.24) is 9.97 Å². The van der Waals surface area contributed by atoms with Crippen LogP contribution in [0.5, 0.6) is 0 Å². The average Bonchev–Trinajstić information content (AvgIpc) is 2.40. The van der Waals surface area contributed by atoms with Gasteiger partial charge in [-0.25, -0.2) is 0 Å². The molecule has 0 aliphatic heterocycles. The van der Waals surface area contributed by atoms with Crippen LogP contribution in [0.1, 0.15) is 19.5 Å². The molecule has 104 valence electrons. The van der Waals surface area contributed by atoms with E-state index < -0.39 is 10.7 Å². The minimum absolute atomic E-state index is 0.840.